The minimum atomic E-state index is -0.320. The minimum Gasteiger partial charge on any atom is -0.377 e. The van der Waals surface area contributed by atoms with Crippen LogP contribution >= 0.6 is 11.6 Å². The van der Waals surface area contributed by atoms with E-state index in [1.807, 2.05) is 0 Å². The van der Waals surface area contributed by atoms with Crippen molar-refractivity contribution in [2.75, 3.05) is 18.5 Å². The van der Waals surface area contributed by atoms with E-state index in [4.69, 9.17) is 16.3 Å². The Hall–Kier alpha value is -0.800. The highest BCUT2D eigenvalue weighted by atomic mass is 35.5. The molecule has 1 saturated heterocycles. The first-order valence-corrected chi connectivity index (χ1v) is 4.43. The maximum Gasteiger partial charge on any atom is 0.147 e. The fourth-order valence-corrected chi connectivity index (χ4v) is 1.38. The summed E-state index contributed by atoms with van der Waals surface area (Å²) in [6.07, 6.45) is 0. The molecule has 0 atom stereocenters. The van der Waals surface area contributed by atoms with E-state index in [2.05, 4.69) is 5.32 Å². The normalized spacial score (nSPS) is 16.8. The van der Waals surface area contributed by atoms with Gasteiger partial charge in [0.2, 0.25) is 0 Å². The number of halogens is 2. The summed E-state index contributed by atoms with van der Waals surface area (Å²) in [5.74, 6) is -0.320. The zero-order chi connectivity index (χ0) is 9.26. The SMILES string of the molecule is Fc1cccc(Cl)c1NC1COC1. The highest BCUT2D eigenvalue weighted by Crippen LogP contribution is 2.26. The molecule has 0 saturated carbocycles. The van der Waals surface area contributed by atoms with Gasteiger partial charge >= 0.3 is 0 Å². The van der Waals surface area contributed by atoms with Crippen LogP contribution in [-0.4, -0.2) is 19.3 Å². The molecule has 2 nitrogen and oxygen atoms in total. The van der Waals surface area contributed by atoms with E-state index in [0.717, 1.165) is 0 Å². The van der Waals surface area contributed by atoms with Gasteiger partial charge in [0.05, 0.1) is 30.0 Å². The predicted molar refractivity (Wildman–Crippen MR) is 49.6 cm³/mol. The molecule has 4 heteroatoms. The molecular formula is C9H9ClFNO. The van der Waals surface area contributed by atoms with Gasteiger partial charge in [-0.15, -0.1) is 0 Å². The fourth-order valence-electron chi connectivity index (χ4n) is 1.16. The molecule has 1 aliphatic heterocycles. The molecule has 1 aromatic rings. The van der Waals surface area contributed by atoms with Crippen LogP contribution in [-0.2, 0) is 4.74 Å². The van der Waals surface area contributed by atoms with Crippen LogP contribution in [0.5, 0.6) is 0 Å². The molecule has 0 spiro atoms. The third-order valence-electron chi connectivity index (χ3n) is 1.95. The van der Waals surface area contributed by atoms with Crippen LogP contribution in [0.2, 0.25) is 5.02 Å². The first kappa shape index (κ1) is 8.78. The van der Waals surface area contributed by atoms with E-state index >= 15 is 0 Å². The molecular weight excluding hydrogens is 193 g/mol. The smallest absolute Gasteiger partial charge is 0.147 e. The highest BCUT2D eigenvalue weighted by molar-refractivity contribution is 6.33. The van der Waals surface area contributed by atoms with Gasteiger partial charge < -0.3 is 10.1 Å². The van der Waals surface area contributed by atoms with Crippen LogP contribution in [0.3, 0.4) is 0 Å². The molecule has 0 radical (unpaired) electrons. The molecule has 0 amide bonds. The Balaban J connectivity index is 2.17. The van der Waals surface area contributed by atoms with Crippen LogP contribution < -0.4 is 5.32 Å². The number of anilines is 1. The Kier molecular flexibility index (Phi) is 2.38. The van der Waals surface area contributed by atoms with Crippen molar-refractivity contribution in [1.82, 2.24) is 0 Å². The first-order chi connectivity index (χ1) is 6.27. The lowest BCUT2D eigenvalue weighted by molar-refractivity contribution is 0.0210. The summed E-state index contributed by atoms with van der Waals surface area (Å²) in [7, 11) is 0. The van der Waals surface area contributed by atoms with E-state index in [1.165, 1.54) is 6.07 Å². The van der Waals surface area contributed by atoms with Crippen molar-refractivity contribution in [3.05, 3.63) is 29.0 Å². The maximum absolute atomic E-state index is 13.2. The van der Waals surface area contributed by atoms with Gasteiger partial charge in [-0.1, -0.05) is 17.7 Å². The Bertz CT molecular complexity index is 294. The van der Waals surface area contributed by atoms with Gasteiger partial charge in [0, 0.05) is 0 Å². The molecule has 1 N–H and O–H groups in total. The van der Waals surface area contributed by atoms with Crippen molar-refractivity contribution in [2.45, 2.75) is 6.04 Å². The fraction of sp³-hybridized carbons (Fsp3) is 0.333. The molecule has 0 aromatic heterocycles. The first-order valence-electron chi connectivity index (χ1n) is 4.05. The van der Waals surface area contributed by atoms with Crippen LogP contribution in [0.1, 0.15) is 0 Å². The number of para-hydroxylation sites is 1. The Morgan fingerprint density at radius 2 is 2.23 bits per heavy atom. The molecule has 13 heavy (non-hydrogen) atoms. The summed E-state index contributed by atoms with van der Waals surface area (Å²) < 4.78 is 18.1. The Morgan fingerprint density at radius 3 is 2.77 bits per heavy atom. The second-order valence-corrected chi connectivity index (χ2v) is 3.38. The molecule has 1 aromatic carbocycles. The van der Waals surface area contributed by atoms with Crippen molar-refractivity contribution in [1.29, 1.82) is 0 Å². The van der Waals surface area contributed by atoms with Gasteiger partial charge in [0.25, 0.3) is 0 Å². The summed E-state index contributed by atoms with van der Waals surface area (Å²) in [6.45, 7) is 1.23. The molecule has 1 fully saturated rings. The molecule has 0 unspecified atom stereocenters. The van der Waals surface area contributed by atoms with Gasteiger partial charge in [-0.05, 0) is 12.1 Å². The van der Waals surface area contributed by atoms with Gasteiger partial charge in [0.1, 0.15) is 5.82 Å². The van der Waals surface area contributed by atoms with Gasteiger partial charge in [-0.25, -0.2) is 4.39 Å². The Labute approximate surface area is 80.7 Å². The third kappa shape index (κ3) is 1.76. The van der Waals surface area contributed by atoms with Gasteiger partial charge in [-0.2, -0.15) is 0 Å². The highest BCUT2D eigenvalue weighted by Gasteiger charge is 2.20. The predicted octanol–water partition coefficient (Wildman–Crippen LogP) is 2.29. The summed E-state index contributed by atoms with van der Waals surface area (Å²) in [5, 5.41) is 3.39. The molecule has 0 bridgehead atoms. The van der Waals surface area contributed by atoms with Gasteiger partial charge in [0.15, 0.2) is 0 Å². The van der Waals surface area contributed by atoms with E-state index in [9.17, 15) is 4.39 Å². The van der Waals surface area contributed by atoms with E-state index in [0.29, 0.717) is 23.9 Å². The summed E-state index contributed by atoms with van der Waals surface area (Å²) in [4.78, 5) is 0. The van der Waals surface area contributed by atoms with Gasteiger partial charge in [-0.3, -0.25) is 0 Å². The van der Waals surface area contributed by atoms with E-state index in [-0.39, 0.29) is 11.9 Å². The number of ether oxygens (including phenoxy) is 1. The number of hydrogen-bond donors (Lipinski definition) is 1. The van der Waals surface area contributed by atoms with Crippen molar-refractivity contribution in [3.8, 4) is 0 Å². The number of rotatable bonds is 2. The molecule has 1 aliphatic rings. The van der Waals surface area contributed by atoms with E-state index in [1.54, 1.807) is 12.1 Å². The Morgan fingerprint density at radius 1 is 1.46 bits per heavy atom. The lowest BCUT2D eigenvalue weighted by Gasteiger charge is -2.28. The van der Waals surface area contributed by atoms with Crippen molar-refractivity contribution in [3.63, 3.8) is 0 Å². The summed E-state index contributed by atoms with van der Waals surface area (Å²) in [5.41, 5.74) is 0.373. The van der Waals surface area contributed by atoms with Crippen molar-refractivity contribution < 1.29 is 9.13 Å². The largest absolute Gasteiger partial charge is 0.377 e. The molecule has 0 aliphatic carbocycles. The lowest BCUT2D eigenvalue weighted by Crippen LogP contribution is -2.40. The monoisotopic (exact) mass is 201 g/mol. The maximum atomic E-state index is 13.2. The molecule has 1 heterocycles. The van der Waals surface area contributed by atoms with Crippen LogP contribution in [0, 0.1) is 5.82 Å². The van der Waals surface area contributed by atoms with Crippen LogP contribution in [0.25, 0.3) is 0 Å². The van der Waals surface area contributed by atoms with E-state index < -0.39 is 0 Å². The third-order valence-corrected chi connectivity index (χ3v) is 2.26. The number of hydrogen-bond acceptors (Lipinski definition) is 2. The second kappa shape index (κ2) is 3.52. The second-order valence-electron chi connectivity index (χ2n) is 2.98. The zero-order valence-corrected chi connectivity index (χ0v) is 7.64. The lowest BCUT2D eigenvalue weighted by atomic mass is 10.2. The summed E-state index contributed by atoms with van der Waals surface area (Å²) >= 11 is 5.81. The zero-order valence-electron chi connectivity index (χ0n) is 6.89. The molecule has 70 valence electrons. The topological polar surface area (TPSA) is 21.3 Å². The standard InChI is InChI=1S/C9H9ClFNO/c10-7-2-1-3-8(11)9(7)12-6-4-13-5-6/h1-3,6,12H,4-5H2. The van der Waals surface area contributed by atoms with Crippen LogP contribution in [0.4, 0.5) is 10.1 Å². The molecule has 2 rings (SSSR count). The van der Waals surface area contributed by atoms with Crippen molar-refractivity contribution in [2.24, 2.45) is 0 Å². The average molecular weight is 202 g/mol. The number of nitrogens with one attached hydrogen (secondary N) is 1. The number of benzene rings is 1. The quantitative estimate of drug-likeness (QED) is 0.793. The average Bonchev–Trinajstić information content (AvgIpc) is 2.00. The summed E-state index contributed by atoms with van der Waals surface area (Å²) in [6, 6.07) is 4.81. The minimum absolute atomic E-state index is 0.189. The van der Waals surface area contributed by atoms with Crippen molar-refractivity contribution >= 4 is 17.3 Å². The van der Waals surface area contributed by atoms with Crippen LogP contribution in [0.15, 0.2) is 18.2 Å².